The summed E-state index contributed by atoms with van der Waals surface area (Å²) >= 11 is 0. The molecule has 1 rings (SSSR count). The average Bonchev–Trinajstić information content (AvgIpc) is 2.45. The Morgan fingerprint density at radius 2 is 2.25 bits per heavy atom. The van der Waals surface area contributed by atoms with Crippen molar-refractivity contribution < 1.29 is 4.39 Å². The van der Waals surface area contributed by atoms with E-state index in [2.05, 4.69) is 10.2 Å². The molecule has 0 bridgehead atoms. The zero-order valence-corrected chi connectivity index (χ0v) is 6.91. The van der Waals surface area contributed by atoms with Crippen LogP contribution in [-0.4, -0.2) is 21.7 Å². The van der Waals surface area contributed by atoms with Gasteiger partial charge in [0, 0.05) is 0 Å². The first-order valence-electron chi connectivity index (χ1n) is 4.04. The van der Waals surface area contributed by atoms with Crippen LogP contribution in [0, 0.1) is 0 Å². The largest absolute Gasteiger partial charge is 0.381 e. The van der Waals surface area contributed by atoms with E-state index in [1.807, 2.05) is 0 Å². The highest BCUT2D eigenvalue weighted by Gasteiger charge is 1.95. The van der Waals surface area contributed by atoms with Crippen molar-refractivity contribution in [2.24, 2.45) is 0 Å². The topological polar surface area (TPSA) is 56.7 Å². The first-order chi connectivity index (χ1) is 5.83. The van der Waals surface area contributed by atoms with Crippen molar-refractivity contribution in [3.8, 4) is 0 Å². The summed E-state index contributed by atoms with van der Waals surface area (Å²) < 4.78 is 11.7. The average molecular weight is 172 g/mol. The van der Waals surface area contributed by atoms with Gasteiger partial charge >= 0.3 is 0 Å². The Labute approximate surface area is 70.6 Å². The molecule has 0 fully saturated rings. The minimum atomic E-state index is -0.241. The second-order valence-electron chi connectivity index (χ2n) is 2.61. The van der Waals surface area contributed by atoms with E-state index in [4.69, 9.17) is 5.73 Å². The molecular formula is C7H13FN4. The van der Waals surface area contributed by atoms with Gasteiger partial charge in [-0.2, -0.15) is 9.90 Å². The van der Waals surface area contributed by atoms with Crippen molar-refractivity contribution in [3.63, 3.8) is 0 Å². The lowest BCUT2D eigenvalue weighted by molar-refractivity contribution is 0.432. The third kappa shape index (κ3) is 2.86. The molecule has 1 aromatic heterocycles. The minimum absolute atomic E-state index is 0.241. The molecule has 0 aliphatic rings. The van der Waals surface area contributed by atoms with Crippen molar-refractivity contribution >= 4 is 5.82 Å². The number of aryl methyl sites for hydroxylation is 1. The fourth-order valence-corrected chi connectivity index (χ4v) is 0.943. The zero-order chi connectivity index (χ0) is 8.81. The summed E-state index contributed by atoms with van der Waals surface area (Å²) in [5.41, 5.74) is 5.35. The molecular weight excluding hydrogens is 159 g/mol. The molecule has 68 valence electrons. The van der Waals surface area contributed by atoms with Crippen LogP contribution < -0.4 is 5.73 Å². The lowest BCUT2D eigenvalue weighted by Crippen LogP contribution is -2.02. The number of hydrogen-bond donors (Lipinski definition) is 1. The number of aromatic nitrogens is 3. The molecule has 1 aromatic rings. The molecule has 2 N–H and O–H groups in total. The predicted molar refractivity (Wildman–Crippen MR) is 44.3 cm³/mol. The molecule has 4 nitrogen and oxygen atoms in total. The lowest BCUT2D eigenvalue weighted by Gasteiger charge is -1.97. The van der Waals surface area contributed by atoms with E-state index in [0.29, 0.717) is 12.2 Å². The Kier molecular flexibility index (Phi) is 3.50. The van der Waals surface area contributed by atoms with Crippen LogP contribution in [0.25, 0.3) is 0 Å². The van der Waals surface area contributed by atoms with Gasteiger partial charge in [-0.15, -0.1) is 5.10 Å². The molecule has 0 saturated carbocycles. The Hall–Kier alpha value is -1.13. The smallest absolute Gasteiger partial charge is 0.165 e. The van der Waals surface area contributed by atoms with E-state index in [1.165, 1.54) is 11.0 Å². The summed E-state index contributed by atoms with van der Waals surface area (Å²) in [6.45, 7) is 0.478. The van der Waals surface area contributed by atoms with Crippen LogP contribution in [0.2, 0.25) is 0 Å². The maximum atomic E-state index is 11.7. The van der Waals surface area contributed by atoms with E-state index < -0.39 is 0 Å². The molecule has 5 heteroatoms. The van der Waals surface area contributed by atoms with Gasteiger partial charge in [0.15, 0.2) is 5.82 Å². The van der Waals surface area contributed by atoms with Crippen LogP contribution >= 0.6 is 0 Å². The summed E-state index contributed by atoms with van der Waals surface area (Å²) in [6, 6.07) is 0. The lowest BCUT2D eigenvalue weighted by atomic mass is 10.2. The molecule has 0 aromatic carbocycles. The third-order valence-corrected chi connectivity index (χ3v) is 1.55. The quantitative estimate of drug-likeness (QED) is 0.674. The Morgan fingerprint density at radius 3 is 2.83 bits per heavy atom. The van der Waals surface area contributed by atoms with Crippen LogP contribution in [-0.2, 0) is 6.54 Å². The van der Waals surface area contributed by atoms with Gasteiger partial charge in [-0.3, -0.25) is 4.39 Å². The molecule has 0 saturated heterocycles. The van der Waals surface area contributed by atoms with Crippen molar-refractivity contribution in [2.75, 3.05) is 12.4 Å². The molecule has 0 aliphatic heterocycles. The first-order valence-corrected chi connectivity index (χ1v) is 4.04. The van der Waals surface area contributed by atoms with Crippen LogP contribution in [0.5, 0.6) is 0 Å². The zero-order valence-electron chi connectivity index (χ0n) is 6.91. The number of nitrogens with two attached hydrogens (primary N) is 1. The van der Waals surface area contributed by atoms with E-state index in [9.17, 15) is 4.39 Å². The number of rotatable bonds is 5. The van der Waals surface area contributed by atoms with Crippen molar-refractivity contribution in [1.82, 2.24) is 15.0 Å². The highest BCUT2D eigenvalue weighted by atomic mass is 19.1. The highest BCUT2D eigenvalue weighted by Crippen LogP contribution is 1.98. The summed E-state index contributed by atoms with van der Waals surface area (Å²) in [5, 5.41) is 7.80. The van der Waals surface area contributed by atoms with Gasteiger partial charge in [0.1, 0.15) is 0 Å². The molecule has 0 radical (unpaired) electrons. The van der Waals surface area contributed by atoms with Gasteiger partial charge in [0.25, 0.3) is 0 Å². The molecule has 0 spiro atoms. The Morgan fingerprint density at radius 1 is 1.42 bits per heavy atom. The molecule has 0 aliphatic carbocycles. The van der Waals surface area contributed by atoms with E-state index in [0.717, 1.165) is 19.4 Å². The number of hydrogen-bond acceptors (Lipinski definition) is 3. The van der Waals surface area contributed by atoms with E-state index >= 15 is 0 Å². The summed E-state index contributed by atoms with van der Waals surface area (Å²) in [5.74, 6) is 0.431. The molecule has 0 unspecified atom stereocenters. The number of nitrogen functional groups attached to an aromatic ring is 1. The standard InChI is InChI=1S/C7H13FN4/c8-4-2-1-3-5-12-10-6-7(9)11-12/h6H,1-5H2,(H2,9,11). The number of nitrogens with zero attached hydrogens (tertiary/aromatic N) is 3. The van der Waals surface area contributed by atoms with E-state index in [-0.39, 0.29) is 6.67 Å². The van der Waals surface area contributed by atoms with Crippen LogP contribution in [0.4, 0.5) is 10.2 Å². The van der Waals surface area contributed by atoms with Crippen LogP contribution in [0.15, 0.2) is 6.20 Å². The molecule has 12 heavy (non-hydrogen) atoms. The Bertz CT molecular complexity index is 223. The number of halogens is 1. The third-order valence-electron chi connectivity index (χ3n) is 1.55. The number of unbranched alkanes of at least 4 members (excludes halogenated alkanes) is 2. The van der Waals surface area contributed by atoms with Crippen LogP contribution in [0.1, 0.15) is 19.3 Å². The van der Waals surface area contributed by atoms with Gasteiger partial charge in [0.2, 0.25) is 0 Å². The van der Waals surface area contributed by atoms with Gasteiger partial charge in [-0.05, 0) is 19.3 Å². The fraction of sp³-hybridized carbons (Fsp3) is 0.714. The van der Waals surface area contributed by atoms with Gasteiger partial charge in [0.05, 0.1) is 19.4 Å². The van der Waals surface area contributed by atoms with Crippen molar-refractivity contribution in [2.45, 2.75) is 25.8 Å². The summed E-state index contributed by atoms with van der Waals surface area (Å²) in [6.07, 6.45) is 3.90. The van der Waals surface area contributed by atoms with Gasteiger partial charge in [-0.1, -0.05) is 0 Å². The number of anilines is 1. The summed E-state index contributed by atoms with van der Waals surface area (Å²) in [7, 11) is 0. The highest BCUT2D eigenvalue weighted by molar-refractivity contribution is 5.19. The molecule has 0 atom stereocenters. The first kappa shape index (κ1) is 8.96. The maximum absolute atomic E-state index is 11.7. The summed E-state index contributed by atoms with van der Waals surface area (Å²) in [4.78, 5) is 1.54. The van der Waals surface area contributed by atoms with Gasteiger partial charge in [-0.25, -0.2) is 0 Å². The van der Waals surface area contributed by atoms with Gasteiger partial charge < -0.3 is 5.73 Å². The second-order valence-corrected chi connectivity index (χ2v) is 2.61. The maximum Gasteiger partial charge on any atom is 0.165 e. The fourth-order valence-electron chi connectivity index (χ4n) is 0.943. The van der Waals surface area contributed by atoms with Crippen molar-refractivity contribution in [3.05, 3.63) is 6.20 Å². The second kappa shape index (κ2) is 4.69. The van der Waals surface area contributed by atoms with E-state index in [1.54, 1.807) is 0 Å². The van der Waals surface area contributed by atoms with Crippen LogP contribution in [0.3, 0.4) is 0 Å². The Balaban J connectivity index is 2.15. The monoisotopic (exact) mass is 172 g/mol. The normalized spacial score (nSPS) is 10.4. The molecule has 1 heterocycles. The minimum Gasteiger partial charge on any atom is -0.381 e. The predicted octanol–water partition coefficient (Wildman–Crippen LogP) is 1.00. The number of alkyl halides is 1. The molecule has 0 amide bonds. The SMILES string of the molecule is Nc1cnn(CCCCCF)n1. The van der Waals surface area contributed by atoms with Crippen molar-refractivity contribution in [1.29, 1.82) is 0 Å².